The lowest BCUT2D eigenvalue weighted by Gasteiger charge is -2.06. The van der Waals surface area contributed by atoms with Crippen molar-refractivity contribution < 1.29 is 4.74 Å². The van der Waals surface area contributed by atoms with E-state index in [1.807, 2.05) is 80.0 Å². The first-order chi connectivity index (χ1) is 13.3. The highest BCUT2D eigenvalue weighted by atomic mass is 32.2. The summed E-state index contributed by atoms with van der Waals surface area (Å²) in [5.74, 6) is 2.36. The van der Waals surface area contributed by atoms with E-state index in [2.05, 4.69) is 21.4 Å². The summed E-state index contributed by atoms with van der Waals surface area (Å²) >= 11 is 1.72. The second kappa shape index (κ2) is 8.05. The van der Waals surface area contributed by atoms with E-state index in [0.717, 1.165) is 34.3 Å². The predicted molar refractivity (Wildman–Crippen MR) is 106 cm³/mol. The molecule has 0 atom stereocenters. The Kier molecular flexibility index (Phi) is 5.16. The third-order valence-corrected chi connectivity index (χ3v) is 4.90. The van der Waals surface area contributed by atoms with Crippen molar-refractivity contribution in [1.82, 2.24) is 20.0 Å². The summed E-state index contributed by atoms with van der Waals surface area (Å²) in [7, 11) is 0. The van der Waals surface area contributed by atoms with Gasteiger partial charge in [-0.1, -0.05) is 23.4 Å². The smallest absolute Gasteiger partial charge is 0.127 e. The fraction of sp³-hybridized carbons (Fsp3) is 0.0952. The Morgan fingerprint density at radius 2 is 1.74 bits per heavy atom. The average Bonchev–Trinajstić information content (AvgIpc) is 3.17. The number of rotatable bonds is 6. The van der Waals surface area contributed by atoms with Crippen molar-refractivity contribution in [2.24, 2.45) is 0 Å². The molecule has 0 spiro atoms. The van der Waals surface area contributed by atoms with Crippen molar-refractivity contribution >= 4 is 11.8 Å². The number of benzene rings is 2. The molecule has 4 rings (SSSR count). The van der Waals surface area contributed by atoms with Crippen LogP contribution in [-0.2, 0) is 5.75 Å². The van der Waals surface area contributed by atoms with Crippen molar-refractivity contribution in [2.45, 2.75) is 17.6 Å². The molecule has 6 heteroatoms. The third-order valence-electron chi connectivity index (χ3n) is 3.88. The zero-order chi connectivity index (χ0) is 18.5. The molecule has 2 heterocycles. The number of para-hydroxylation sites is 1. The van der Waals surface area contributed by atoms with Gasteiger partial charge in [0, 0.05) is 22.5 Å². The molecule has 0 amide bonds. The maximum atomic E-state index is 5.82. The summed E-state index contributed by atoms with van der Waals surface area (Å²) in [5.41, 5.74) is 2.89. The van der Waals surface area contributed by atoms with E-state index < -0.39 is 0 Å². The number of nitrogens with zero attached hydrogens (tertiary/aromatic N) is 4. The molecule has 134 valence electrons. The van der Waals surface area contributed by atoms with Crippen LogP contribution in [0.25, 0.3) is 5.69 Å². The molecule has 0 aliphatic heterocycles. The van der Waals surface area contributed by atoms with Gasteiger partial charge in [-0.2, -0.15) is 0 Å². The van der Waals surface area contributed by atoms with Gasteiger partial charge in [-0.05, 0) is 55.5 Å². The minimum Gasteiger partial charge on any atom is -0.457 e. The van der Waals surface area contributed by atoms with Crippen LogP contribution in [0.15, 0.2) is 84.0 Å². The van der Waals surface area contributed by atoms with Crippen molar-refractivity contribution in [3.63, 3.8) is 0 Å². The van der Waals surface area contributed by atoms with Gasteiger partial charge in [-0.25, -0.2) is 4.68 Å². The van der Waals surface area contributed by atoms with Crippen LogP contribution in [0.1, 0.15) is 11.4 Å². The van der Waals surface area contributed by atoms with Gasteiger partial charge in [-0.15, -0.1) is 16.9 Å². The number of ether oxygens (including phenoxy) is 1. The van der Waals surface area contributed by atoms with Crippen LogP contribution in [0.3, 0.4) is 0 Å². The molecule has 0 aliphatic carbocycles. The Morgan fingerprint density at radius 3 is 2.52 bits per heavy atom. The summed E-state index contributed by atoms with van der Waals surface area (Å²) in [4.78, 5) is 5.40. The molecule has 0 radical (unpaired) electrons. The molecule has 0 saturated heterocycles. The number of pyridine rings is 1. The van der Waals surface area contributed by atoms with Crippen LogP contribution in [-0.4, -0.2) is 20.0 Å². The first kappa shape index (κ1) is 17.3. The molecular weight excluding hydrogens is 356 g/mol. The number of hydrogen-bond donors (Lipinski definition) is 0. The van der Waals surface area contributed by atoms with Crippen LogP contribution in [0, 0.1) is 6.92 Å². The van der Waals surface area contributed by atoms with Gasteiger partial charge in [0.1, 0.15) is 11.5 Å². The molecule has 0 unspecified atom stereocenters. The van der Waals surface area contributed by atoms with Gasteiger partial charge < -0.3 is 4.74 Å². The highest BCUT2D eigenvalue weighted by Crippen LogP contribution is 2.24. The summed E-state index contributed by atoms with van der Waals surface area (Å²) in [6.07, 6.45) is 3.78. The van der Waals surface area contributed by atoms with Gasteiger partial charge in [0.25, 0.3) is 0 Å². The number of hydrogen-bond acceptors (Lipinski definition) is 5. The zero-order valence-corrected chi connectivity index (χ0v) is 15.6. The minimum atomic E-state index is 0.763. The Balaban J connectivity index is 1.40. The van der Waals surface area contributed by atoms with E-state index in [9.17, 15) is 0 Å². The van der Waals surface area contributed by atoms with Crippen LogP contribution in [0.5, 0.6) is 11.5 Å². The monoisotopic (exact) mass is 374 g/mol. The standard InChI is InChI=1S/C21H18N4OS/c1-16-13-21(11-12-22-16)27-15-17-14-25(24-23-17)18-7-9-20(10-8-18)26-19-5-3-2-4-6-19/h2-14H,15H2,1H3. The number of thioether (sulfide) groups is 1. The van der Waals surface area contributed by atoms with Gasteiger partial charge in [-0.3, -0.25) is 4.98 Å². The first-order valence-corrected chi connectivity index (χ1v) is 9.55. The SMILES string of the molecule is Cc1cc(SCc2cn(-c3ccc(Oc4ccccc4)cc3)nn2)ccn1. The molecule has 27 heavy (non-hydrogen) atoms. The lowest BCUT2D eigenvalue weighted by molar-refractivity contribution is 0.482. The van der Waals surface area contributed by atoms with Crippen LogP contribution >= 0.6 is 11.8 Å². The Morgan fingerprint density at radius 1 is 0.963 bits per heavy atom. The van der Waals surface area contributed by atoms with Crippen molar-refractivity contribution in [1.29, 1.82) is 0 Å². The molecule has 5 nitrogen and oxygen atoms in total. The molecule has 0 N–H and O–H groups in total. The molecule has 4 aromatic rings. The second-order valence-electron chi connectivity index (χ2n) is 5.99. The lowest BCUT2D eigenvalue weighted by atomic mass is 10.3. The normalized spacial score (nSPS) is 10.7. The summed E-state index contributed by atoms with van der Waals surface area (Å²) < 4.78 is 7.60. The van der Waals surface area contributed by atoms with E-state index >= 15 is 0 Å². The first-order valence-electron chi connectivity index (χ1n) is 8.56. The maximum Gasteiger partial charge on any atom is 0.127 e. The Labute approximate surface area is 162 Å². The molecule has 0 saturated carbocycles. The number of aromatic nitrogens is 4. The predicted octanol–water partition coefficient (Wildman–Crippen LogP) is 5.06. The fourth-order valence-corrected chi connectivity index (χ4v) is 3.41. The number of aryl methyl sites for hydroxylation is 1. The van der Waals surface area contributed by atoms with Crippen molar-refractivity contribution in [2.75, 3.05) is 0 Å². The Bertz CT molecular complexity index is 1020. The van der Waals surface area contributed by atoms with Crippen LogP contribution in [0.4, 0.5) is 0 Å². The summed E-state index contributed by atoms with van der Waals surface area (Å²) in [6.45, 7) is 1.99. The molecule has 2 aromatic carbocycles. The van der Waals surface area contributed by atoms with Crippen molar-refractivity contribution in [3.8, 4) is 17.2 Å². The molecule has 0 aliphatic rings. The molecule has 2 aromatic heterocycles. The molecular formula is C21H18N4OS. The van der Waals surface area contributed by atoms with E-state index in [4.69, 9.17) is 4.74 Å². The topological polar surface area (TPSA) is 52.8 Å². The zero-order valence-electron chi connectivity index (χ0n) is 14.8. The second-order valence-corrected chi connectivity index (χ2v) is 7.03. The van der Waals surface area contributed by atoms with Crippen LogP contribution in [0.2, 0.25) is 0 Å². The summed E-state index contributed by atoms with van der Waals surface area (Å²) in [5, 5.41) is 8.50. The quantitative estimate of drug-likeness (QED) is 0.442. The maximum absolute atomic E-state index is 5.82. The fourth-order valence-electron chi connectivity index (χ4n) is 2.55. The summed E-state index contributed by atoms with van der Waals surface area (Å²) in [6, 6.07) is 21.6. The van der Waals surface area contributed by atoms with Gasteiger partial charge in [0.15, 0.2) is 0 Å². The lowest BCUT2D eigenvalue weighted by Crippen LogP contribution is -1.94. The van der Waals surface area contributed by atoms with Gasteiger partial charge in [0.05, 0.1) is 17.6 Å². The highest BCUT2D eigenvalue weighted by Gasteiger charge is 2.05. The van der Waals surface area contributed by atoms with E-state index in [0.29, 0.717) is 0 Å². The minimum absolute atomic E-state index is 0.763. The van der Waals surface area contributed by atoms with Crippen LogP contribution < -0.4 is 4.74 Å². The van der Waals surface area contributed by atoms with Crippen molar-refractivity contribution in [3.05, 3.63) is 90.5 Å². The van der Waals surface area contributed by atoms with Gasteiger partial charge >= 0.3 is 0 Å². The van der Waals surface area contributed by atoms with Gasteiger partial charge in [0.2, 0.25) is 0 Å². The third kappa shape index (κ3) is 4.54. The molecule has 0 fully saturated rings. The van der Waals surface area contributed by atoms with E-state index in [1.54, 1.807) is 16.4 Å². The molecule has 0 bridgehead atoms. The van der Waals surface area contributed by atoms with E-state index in [1.165, 1.54) is 4.90 Å². The average molecular weight is 374 g/mol. The van der Waals surface area contributed by atoms with E-state index in [-0.39, 0.29) is 0 Å². The highest BCUT2D eigenvalue weighted by molar-refractivity contribution is 7.98. The Hall–Kier alpha value is -3.12. The largest absolute Gasteiger partial charge is 0.457 e.